The molecule has 21 heavy (non-hydrogen) atoms. The Hall–Kier alpha value is -2.31. The highest BCUT2D eigenvalue weighted by Gasteiger charge is 2.37. The van der Waals surface area contributed by atoms with Crippen molar-refractivity contribution in [2.75, 3.05) is 7.11 Å². The number of carbonyl (C=O) groups is 1. The van der Waals surface area contributed by atoms with E-state index < -0.39 is 5.92 Å². The molecule has 0 amide bonds. The molecule has 110 valence electrons. The van der Waals surface area contributed by atoms with Crippen LogP contribution in [0.2, 0.25) is 0 Å². The average molecular weight is 288 g/mol. The minimum absolute atomic E-state index is 0.197. The second-order valence-electron chi connectivity index (χ2n) is 5.07. The first kappa shape index (κ1) is 13.7. The molecule has 1 aliphatic carbocycles. The molecular weight excluding hydrogens is 272 g/mol. The number of methoxy groups -OCH3 is 1. The molecule has 0 bridgehead atoms. The van der Waals surface area contributed by atoms with Gasteiger partial charge in [0.05, 0.1) is 7.11 Å². The highest BCUT2D eigenvalue weighted by molar-refractivity contribution is 5.77. The summed E-state index contributed by atoms with van der Waals surface area (Å²) in [6.07, 6.45) is 7.38. The molecule has 0 radical (unpaired) electrons. The summed E-state index contributed by atoms with van der Waals surface area (Å²) < 4.78 is 10.2. The lowest BCUT2D eigenvalue weighted by molar-refractivity contribution is -0.144. The summed E-state index contributed by atoms with van der Waals surface area (Å²) in [5.74, 6) is 0.326. The zero-order valence-corrected chi connectivity index (χ0v) is 11.7. The van der Waals surface area contributed by atoms with Gasteiger partial charge in [0.25, 0.3) is 0 Å². The minimum atomic E-state index is -0.498. The van der Waals surface area contributed by atoms with E-state index in [1.807, 2.05) is 0 Å². The third-order valence-electron chi connectivity index (χ3n) is 3.80. The highest BCUT2D eigenvalue weighted by Crippen LogP contribution is 2.37. The van der Waals surface area contributed by atoms with E-state index in [9.17, 15) is 4.79 Å². The van der Waals surface area contributed by atoms with Crippen LogP contribution in [0.4, 0.5) is 0 Å². The fraction of sp³-hybridized carbons (Fsp3) is 0.500. The summed E-state index contributed by atoms with van der Waals surface area (Å²) in [5, 5.41) is 3.88. The molecule has 0 N–H and O–H groups in total. The molecule has 2 aromatic rings. The van der Waals surface area contributed by atoms with Crippen LogP contribution in [0.3, 0.4) is 0 Å². The first-order valence-corrected chi connectivity index (χ1v) is 6.98. The van der Waals surface area contributed by atoms with Gasteiger partial charge in [-0.3, -0.25) is 4.79 Å². The maximum Gasteiger partial charge on any atom is 0.318 e. The molecule has 1 saturated carbocycles. The third-order valence-corrected chi connectivity index (χ3v) is 3.80. The molecule has 0 aromatic carbocycles. The summed E-state index contributed by atoms with van der Waals surface area (Å²) in [4.78, 5) is 24.5. The average Bonchev–Trinajstić information content (AvgIpc) is 3.20. The fourth-order valence-corrected chi connectivity index (χ4v) is 2.78. The number of aromatic nitrogens is 4. The number of rotatable bonds is 4. The molecule has 1 unspecified atom stereocenters. The van der Waals surface area contributed by atoms with Gasteiger partial charge in [0, 0.05) is 12.4 Å². The SMILES string of the molecule is COC(=O)C(c1nc(-c2ncccn2)no1)C1CCCC1. The maximum atomic E-state index is 12.1. The number of ether oxygens (including phenoxy) is 1. The van der Waals surface area contributed by atoms with Gasteiger partial charge in [-0.05, 0) is 24.8 Å². The zero-order chi connectivity index (χ0) is 14.7. The second kappa shape index (κ2) is 5.99. The second-order valence-corrected chi connectivity index (χ2v) is 5.07. The zero-order valence-electron chi connectivity index (χ0n) is 11.7. The molecule has 7 nitrogen and oxygen atoms in total. The van der Waals surface area contributed by atoms with Crippen molar-refractivity contribution in [2.45, 2.75) is 31.6 Å². The molecule has 2 heterocycles. The van der Waals surface area contributed by atoms with Gasteiger partial charge in [-0.2, -0.15) is 4.98 Å². The van der Waals surface area contributed by atoms with Crippen molar-refractivity contribution >= 4 is 5.97 Å². The van der Waals surface area contributed by atoms with Gasteiger partial charge in [0.2, 0.25) is 17.5 Å². The summed E-state index contributed by atoms with van der Waals surface area (Å²) in [5.41, 5.74) is 0. The van der Waals surface area contributed by atoms with E-state index >= 15 is 0 Å². The molecule has 1 atom stereocenters. The summed E-state index contributed by atoms with van der Waals surface area (Å²) >= 11 is 0. The van der Waals surface area contributed by atoms with Crippen molar-refractivity contribution in [1.29, 1.82) is 0 Å². The van der Waals surface area contributed by atoms with Gasteiger partial charge in [-0.25, -0.2) is 9.97 Å². The van der Waals surface area contributed by atoms with Gasteiger partial charge in [-0.15, -0.1) is 0 Å². The van der Waals surface area contributed by atoms with Crippen molar-refractivity contribution in [3.05, 3.63) is 24.4 Å². The predicted octanol–water partition coefficient (Wildman–Crippen LogP) is 1.97. The Labute approximate surface area is 121 Å². The lowest BCUT2D eigenvalue weighted by Crippen LogP contribution is -2.21. The molecule has 0 spiro atoms. The smallest absolute Gasteiger partial charge is 0.318 e. The van der Waals surface area contributed by atoms with Crippen LogP contribution in [-0.2, 0) is 9.53 Å². The van der Waals surface area contributed by atoms with Crippen molar-refractivity contribution in [3.63, 3.8) is 0 Å². The number of hydrogen-bond acceptors (Lipinski definition) is 7. The van der Waals surface area contributed by atoms with Gasteiger partial charge in [-0.1, -0.05) is 18.0 Å². The van der Waals surface area contributed by atoms with Crippen LogP contribution in [0.25, 0.3) is 11.6 Å². The van der Waals surface area contributed by atoms with Crippen LogP contribution in [0.1, 0.15) is 37.5 Å². The van der Waals surface area contributed by atoms with E-state index in [2.05, 4.69) is 20.1 Å². The third kappa shape index (κ3) is 2.76. The molecule has 7 heteroatoms. The van der Waals surface area contributed by atoms with Crippen LogP contribution in [-0.4, -0.2) is 33.2 Å². The Kier molecular flexibility index (Phi) is 3.89. The Morgan fingerprint density at radius 1 is 1.29 bits per heavy atom. The molecule has 2 aromatic heterocycles. The molecule has 3 rings (SSSR count). The topological polar surface area (TPSA) is 91.0 Å². The van der Waals surface area contributed by atoms with E-state index in [4.69, 9.17) is 9.26 Å². The van der Waals surface area contributed by atoms with E-state index in [-0.39, 0.29) is 23.6 Å². The Balaban J connectivity index is 1.89. The normalized spacial score (nSPS) is 16.8. The van der Waals surface area contributed by atoms with E-state index in [1.165, 1.54) is 7.11 Å². The molecule has 1 aliphatic rings. The minimum Gasteiger partial charge on any atom is -0.468 e. The van der Waals surface area contributed by atoms with Crippen molar-refractivity contribution in [3.8, 4) is 11.6 Å². The van der Waals surface area contributed by atoms with Gasteiger partial charge in [0.1, 0.15) is 5.92 Å². The van der Waals surface area contributed by atoms with Crippen molar-refractivity contribution < 1.29 is 14.1 Å². The number of hydrogen-bond donors (Lipinski definition) is 0. The van der Waals surface area contributed by atoms with Gasteiger partial charge < -0.3 is 9.26 Å². The van der Waals surface area contributed by atoms with E-state index in [1.54, 1.807) is 18.5 Å². The van der Waals surface area contributed by atoms with Crippen LogP contribution in [0.15, 0.2) is 23.0 Å². The molecule has 1 fully saturated rings. The fourth-order valence-electron chi connectivity index (χ4n) is 2.78. The summed E-state index contributed by atoms with van der Waals surface area (Å²) in [7, 11) is 1.38. The van der Waals surface area contributed by atoms with Crippen LogP contribution < -0.4 is 0 Å². The quantitative estimate of drug-likeness (QED) is 0.794. The van der Waals surface area contributed by atoms with Gasteiger partial charge in [0.15, 0.2) is 0 Å². The lowest BCUT2D eigenvalue weighted by Gasteiger charge is -2.16. The van der Waals surface area contributed by atoms with Crippen molar-refractivity contribution in [2.24, 2.45) is 5.92 Å². The van der Waals surface area contributed by atoms with Crippen LogP contribution >= 0.6 is 0 Å². The Bertz CT molecular complexity index is 608. The Morgan fingerprint density at radius 2 is 2.00 bits per heavy atom. The highest BCUT2D eigenvalue weighted by atomic mass is 16.5. The van der Waals surface area contributed by atoms with Crippen LogP contribution in [0.5, 0.6) is 0 Å². The number of carbonyl (C=O) groups excluding carboxylic acids is 1. The molecule has 0 aliphatic heterocycles. The number of nitrogens with zero attached hydrogens (tertiary/aromatic N) is 4. The van der Waals surface area contributed by atoms with E-state index in [0.29, 0.717) is 5.82 Å². The Morgan fingerprint density at radius 3 is 2.67 bits per heavy atom. The number of esters is 1. The lowest BCUT2D eigenvalue weighted by atomic mass is 9.91. The van der Waals surface area contributed by atoms with Crippen LogP contribution in [0, 0.1) is 5.92 Å². The maximum absolute atomic E-state index is 12.1. The monoisotopic (exact) mass is 288 g/mol. The summed E-state index contributed by atoms with van der Waals surface area (Å²) in [6.45, 7) is 0. The molecule has 0 saturated heterocycles. The van der Waals surface area contributed by atoms with Gasteiger partial charge >= 0.3 is 5.97 Å². The predicted molar refractivity (Wildman–Crippen MR) is 72.0 cm³/mol. The summed E-state index contributed by atoms with van der Waals surface area (Å²) in [6, 6.07) is 1.71. The molecular formula is C14H16N4O3. The standard InChI is InChI=1S/C14H16N4O3/c1-20-14(19)10(9-5-2-3-6-9)13-17-12(18-21-13)11-15-7-4-8-16-11/h4,7-10H,2-3,5-6H2,1H3. The van der Waals surface area contributed by atoms with Crippen molar-refractivity contribution in [1.82, 2.24) is 20.1 Å². The van der Waals surface area contributed by atoms with E-state index in [0.717, 1.165) is 25.7 Å². The first-order valence-electron chi connectivity index (χ1n) is 6.98. The first-order chi connectivity index (χ1) is 10.3. The largest absolute Gasteiger partial charge is 0.468 e.